The summed E-state index contributed by atoms with van der Waals surface area (Å²) in [7, 11) is 0. The smallest absolute Gasteiger partial charge is 0 e. The monoisotopic (exact) mass is 248 g/mol. The van der Waals surface area contributed by atoms with Gasteiger partial charge in [0, 0.05) is 89.4 Å². The first-order valence-electron chi connectivity index (χ1n) is 0. The topological polar surface area (TPSA) is 0 Å². The van der Waals surface area contributed by atoms with Gasteiger partial charge in [-0.1, -0.05) is 0 Å². The molecule has 0 aliphatic rings. The summed E-state index contributed by atoms with van der Waals surface area (Å²) in [6, 6.07) is 0. The van der Waals surface area contributed by atoms with E-state index < -0.39 is 0 Å². The van der Waals surface area contributed by atoms with E-state index in [1.54, 1.807) is 0 Å². The Kier molecular flexibility index (Phi) is 273. The van der Waals surface area contributed by atoms with Gasteiger partial charge in [-0.05, 0) is 0 Å². The Hall–Kier alpha value is 2.77. The van der Waals surface area contributed by atoms with Crippen molar-refractivity contribution in [1.82, 2.24) is 0 Å². The zero-order valence-corrected chi connectivity index (χ0v) is 7.93. The molecule has 5 heavy (non-hydrogen) atoms. The summed E-state index contributed by atoms with van der Waals surface area (Å²) in [5.74, 6) is 0. The number of hydrogen-bond donors (Lipinski definition) is 0. The van der Waals surface area contributed by atoms with Crippen molar-refractivity contribution in [3.05, 3.63) is 0 Å². The van der Waals surface area contributed by atoms with Gasteiger partial charge >= 0.3 is 0 Å². The maximum absolute atomic E-state index is 0. The fourth-order valence-corrected chi connectivity index (χ4v) is 0. The third kappa shape index (κ3) is 20.1. The van der Waals surface area contributed by atoms with Gasteiger partial charge in [0.15, 0.2) is 0 Å². The summed E-state index contributed by atoms with van der Waals surface area (Å²) in [6.45, 7) is 0. The van der Waals surface area contributed by atoms with E-state index in [0.717, 1.165) is 0 Å². The van der Waals surface area contributed by atoms with Crippen molar-refractivity contribution in [2.24, 2.45) is 0 Å². The minimum atomic E-state index is 0. The van der Waals surface area contributed by atoms with Gasteiger partial charge in [0.05, 0.1) is 0 Å². The largest absolute Gasteiger partial charge is 0 e. The van der Waals surface area contributed by atoms with Crippen LogP contribution in [0.25, 0.3) is 0 Å². The molecule has 0 spiro atoms. The molecular formula is AlCoFeNiTi. The van der Waals surface area contributed by atoms with Gasteiger partial charge in [0.25, 0.3) is 0 Å². The normalized spacial score (nSPS) is 0. The number of rotatable bonds is 0. The number of hydrogen-bond acceptors (Lipinski definition) is 0. The van der Waals surface area contributed by atoms with Gasteiger partial charge in [-0.2, -0.15) is 0 Å². The second kappa shape index (κ2) is 29.4. The van der Waals surface area contributed by atoms with Crippen molar-refractivity contribution in [3.8, 4) is 0 Å². The molecule has 4 radical (unpaired) electrons. The van der Waals surface area contributed by atoms with Crippen LogP contribution in [0.3, 0.4) is 0 Å². The molecule has 0 aliphatic carbocycles. The van der Waals surface area contributed by atoms with Gasteiger partial charge in [0.2, 0.25) is 0 Å². The van der Waals surface area contributed by atoms with Crippen LogP contribution in [0.1, 0.15) is 0 Å². The molecular weight excluding hydrogens is 248 g/mol. The summed E-state index contributed by atoms with van der Waals surface area (Å²) in [5.41, 5.74) is 0. The Morgan fingerprint density at radius 3 is 1.00 bits per heavy atom. The Bertz CT molecular complexity index is 11.6. The Labute approximate surface area is 88.2 Å². The predicted octanol–water partition coefficient (Wildman–Crippen LogP) is -0.391. The second-order valence-electron chi connectivity index (χ2n) is 0. The van der Waals surface area contributed by atoms with E-state index in [-0.39, 0.29) is 89.4 Å². The molecule has 0 aromatic carbocycles. The fraction of sp³-hybridized carbons (Fsp3) is 0. The first-order valence-corrected chi connectivity index (χ1v) is 0. The van der Waals surface area contributed by atoms with Crippen LogP contribution in [0.4, 0.5) is 0 Å². The molecule has 0 N–H and O–H groups in total. The third-order valence-corrected chi connectivity index (χ3v) is 0. The van der Waals surface area contributed by atoms with Crippen LogP contribution in [0.2, 0.25) is 0 Å². The summed E-state index contributed by atoms with van der Waals surface area (Å²) >= 11 is 0. The van der Waals surface area contributed by atoms with Crippen molar-refractivity contribution in [1.29, 1.82) is 0 Å². The maximum Gasteiger partial charge on any atom is 0 e. The van der Waals surface area contributed by atoms with E-state index >= 15 is 0 Å². The Balaban J connectivity index is 0. The van der Waals surface area contributed by atoms with E-state index in [9.17, 15) is 0 Å². The Morgan fingerprint density at radius 2 is 1.00 bits per heavy atom. The first-order chi connectivity index (χ1) is 0. The van der Waals surface area contributed by atoms with Gasteiger partial charge < -0.3 is 0 Å². The van der Waals surface area contributed by atoms with Gasteiger partial charge in [-0.15, -0.1) is 0 Å². The molecule has 0 saturated heterocycles. The molecule has 0 aliphatic heterocycles. The zero-order chi connectivity index (χ0) is 0. The van der Waals surface area contributed by atoms with Crippen LogP contribution < -0.4 is 0 Å². The molecule has 0 aromatic rings. The van der Waals surface area contributed by atoms with Crippen LogP contribution in [-0.4, -0.2) is 17.4 Å². The Morgan fingerprint density at radius 1 is 1.00 bits per heavy atom. The standard InChI is InChI=1S/Al.Co.Fe.Ni.Ti. The van der Waals surface area contributed by atoms with E-state index in [4.69, 9.17) is 0 Å². The molecule has 34 valence electrons. The molecule has 0 nitrogen and oxygen atoms in total. The molecule has 0 unspecified atom stereocenters. The van der Waals surface area contributed by atoms with E-state index in [1.807, 2.05) is 0 Å². The van der Waals surface area contributed by atoms with Crippen molar-refractivity contribution in [2.75, 3.05) is 0 Å². The van der Waals surface area contributed by atoms with E-state index in [2.05, 4.69) is 0 Å². The van der Waals surface area contributed by atoms with Crippen LogP contribution >= 0.6 is 0 Å². The molecule has 0 fully saturated rings. The van der Waals surface area contributed by atoms with E-state index in [1.165, 1.54) is 0 Å². The molecule has 0 rings (SSSR count). The van der Waals surface area contributed by atoms with Crippen LogP contribution in [0.15, 0.2) is 0 Å². The third-order valence-electron chi connectivity index (χ3n) is 0. The van der Waals surface area contributed by atoms with Crippen molar-refractivity contribution >= 4 is 17.4 Å². The van der Waals surface area contributed by atoms with E-state index in [0.29, 0.717) is 0 Å². The molecule has 0 heterocycles. The molecule has 0 aromatic heterocycles. The fourth-order valence-electron chi connectivity index (χ4n) is 0. The molecule has 5 heteroatoms. The SMILES string of the molecule is [Al].[Co].[Fe].[Ni].[Ti]. The first kappa shape index (κ1) is 46.5. The zero-order valence-electron chi connectivity index (χ0n) is 2.08. The van der Waals surface area contributed by atoms with Gasteiger partial charge in [-0.3, -0.25) is 0 Å². The summed E-state index contributed by atoms with van der Waals surface area (Å²) in [5, 5.41) is 0. The average molecular weight is 248 g/mol. The predicted molar refractivity (Wildman–Crippen MR) is 5.75 cm³/mol. The molecule has 0 bridgehead atoms. The summed E-state index contributed by atoms with van der Waals surface area (Å²) in [6.07, 6.45) is 0. The minimum Gasteiger partial charge on any atom is 0 e. The summed E-state index contributed by atoms with van der Waals surface area (Å²) < 4.78 is 0. The quantitative estimate of drug-likeness (QED) is 0.512. The van der Waals surface area contributed by atoms with Crippen LogP contribution in [0.5, 0.6) is 0 Å². The minimum absolute atomic E-state index is 0. The van der Waals surface area contributed by atoms with Crippen molar-refractivity contribution in [2.45, 2.75) is 0 Å². The summed E-state index contributed by atoms with van der Waals surface area (Å²) in [4.78, 5) is 0. The molecule has 0 amide bonds. The maximum atomic E-state index is 0. The molecule has 0 saturated carbocycles. The van der Waals surface area contributed by atoms with Gasteiger partial charge in [-0.25, -0.2) is 0 Å². The second-order valence-corrected chi connectivity index (χ2v) is 0. The van der Waals surface area contributed by atoms with Gasteiger partial charge in [0.1, 0.15) is 0 Å². The van der Waals surface area contributed by atoms with Crippen molar-refractivity contribution in [3.63, 3.8) is 0 Å². The van der Waals surface area contributed by atoms with Crippen LogP contribution in [0, 0.1) is 0 Å². The molecule has 0 atom stereocenters. The van der Waals surface area contributed by atoms with Crippen LogP contribution in [-0.2, 0) is 72.1 Å². The average Bonchev–Trinajstić information content (AvgIpc) is 0. The van der Waals surface area contributed by atoms with Crippen molar-refractivity contribution < 1.29 is 72.1 Å².